The number of hydrogen-bond acceptors (Lipinski definition) is 3. The lowest BCUT2D eigenvalue weighted by Gasteiger charge is -2.41. The predicted octanol–water partition coefficient (Wildman–Crippen LogP) is 4.95. The summed E-state index contributed by atoms with van der Waals surface area (Å²) in [5.74, 6) is -0.143. The number of amides is 3. The molecule has 1 fully saturated rings. The molecule has 2 aromatic carbocycles. The Morgan fingerprint density at radius 1 is 0.964 bits per heavy atom. The molecule has 28 heavy (non-hydrogen) atoms. The lowest BCUT2D eigenvalue weighted by atomic mass is 9.86. The third kappa shape index (κ3) is 3.35. The normalized spacial score (nSPS) is 22.0. The van der Waals surface area contributed by atoms with Gasteiger partial charge in [0.05, 0.1) is 11.7 Å². The molecule has 2 aliphatic heterocycles. The molecule has 144 valence electrons. The van der Waals surface area contributed by atoms with E-state index in [-0.39, 0.29) is 28.6 Å². The lowest BCUT2D eigenvalue weighted by Crippen LogP contribution is -2.61. The molecule has 4 rings (SSSR count). The van der Waals surface area contributed by atoms with E-state index in [0.717, 1.165) is 5.56 Å². The van der Waals surface area contributed by atoms with Crippen LogP contribution in [0.4, 0.5) is 10.5 Å². The monoisotopic (exact) mass is 392 g/mol. The van der Waals surface area contributed by atoms with E-state index in [1.165, 1.54) is 22.2 Å². The summed E-state index contributed by atoms with van der Waals surface area (Å²) in [6, 6.07) is 17.1. The Bertz CT molecular complexity index is 916. The van der Waals surface area contributed by atoms with E-state index in [1.807, 2.05) is 34.6 Å². The molecule has 0 saturated carbocycles. The maximum Gasteiger partial charge on any atom is 0.332 e. The Balaban J connectivity index is 1.64. The van der Waals surface area contributed by atoms with Crippen molar-refractivity contribution in [2.24, 2.45) is 0 Å². The van der Waals surface area contributed by atoms with Crippen molar-refractivity contribution in [1.82, 2.24) is 4.90 Å². The van der Waals surface area contributed by atoms with E-state index in [2.05, 4.69) is 45.0 Å². The Hall–Kier alpha value is -2.53. The summed E-state index contributed by atoms with van der Waals surface area (Å²) in [6.07, 6.45) is 1.97. The molecule has 5 heteroatoms. The van der Waals surface area contributed by atoms with Gasteiger partial charge in [0.2, 0.25) is 0 Å². The first-order valence-electron chi connectivity index (χ1n) is 9.47. The molecule has 1 saturated heterocycles. The predicted molar refractivity (Wildman–Crippen MR) is 114 cm³/mol. The number of carbonyl (C=O) groups is 2. The first-order valence-corrected chi connectivity index (χ1v) is 10.4. The van der Waals surface area contributed by atoms with E-state index in [4.69, 9.17) is 0 Å². The zero-order valence-corrected chi connectivity index (χ0v) is 17.1. The molecule has 0 N–H and O–H groups in total. The fourth-order valence-corrected chi connectivity index (χ4v) is 4.68. The van der Waals surface area contributed by atoms with Crippen molar-refractivity contribution in [2.75, 3.05) is 4.90 Å². The number of urea groups is 1. The summed E-state index contributed by atoms with van der Waals surface area (Å²) in [5, 5.41) is 1.65. The molecule has 0 aromatic heterocycles. The molecule has 2 unspecified atom stereocenters. The Kier molecular flexibility index (Phi) is 4.79. The third-order valence-corrected chi connectivity index (χ3v) is 6.35. The largest absolute Gasteiger partial charge is 0.332 e. The van der Waals surface area contributed by atoms with Crippen LogP contribution in [0, 0.1) is 0 Å². The number of rotatable bonds is 3. The third-order valence-electron chi connectivity index (χ3n) is 5.26. The minimum Gasteiger partial charge on any atom is -0.312 e. The highest BCUT2D eigenvalue weighted by atomic mass is 32.2. The molecule has 0 spiro atoms. The molecular formula is C23H24N2O2S. The average Bonchev–Trinajstić information content (AvgIpc) is 3.16. The fourth-order valence-electron chi connectivity index (χ4n) is 3.64. The molecule has 0 bridgehead atoms. The van der Waals surface area contributed by atoms with Gasteiger partial charge in [-0.2, -0.15) is 0 Å². The van der Waals surface area contributed by atoms with E-state index >= 15 is 0 Å². The number of para-hydroxylation sites is 1. The number of imide groups is 1. The van der Waals surface area contributed by atoms with Gasteiger partial charge in [0.15, 0.2) is 0 Å². The molecule has 0 aliphatic carbocycles. The van der Waals surface area contributed by atoms with E-state index in [9.17, 15) is 9.59 Å². The molecule has 2 aromatic rings. The van der Waals surface area contributed by atoms with Crippen LogP contribution < -0.4 is 4.90 Å². The van der Waals surface area contributed by atoms with Crippen LogP contribution in [0.15, 0.2) is 66.1 Å². The maximum atomic E-state index is 13.3. The summed E-state index contributed by atoms with van der Waals surface area (Å²) in [6.45, 7) is 7.03. The van der Waals surface area contributed by atoms with Crippen LogP contribution in [-0.2, 0) is 16.8 Å². The summed E-state index contributed by atoms with van der Waals surface area (Å²) < 4.78 is 0. The van der Waals surface area contributed by atoms with Crippen molar-refractivity contribution < 1.29 is 9.59 Å². The number of fused-ring (bicyclic) bond motifs is 1. The summed E-state index contributed by atoms with van der Waals surface area (Å²) in [7, 11) is 0. The second-order valence-electron chi connectivity index (χ2n) is 8.24. The van der Waals surface area contributed by atoms with Gasteiger partial charge in [-0.15, -0.1) is 11.8 Å². The number of thioether (sulfide) groups is 1. The standard InChI is InChI=1S/C23H24N2O2S/c1-23(2,3)17-11-9-16(10-12-17)15-24-19-13-14-28-20(19)21(26)25(22(24)27)18-7-5-4-6-8-18/h4-14,19-20H,15H2,1-3H3. The fraction of sp³-hybridized carbons (Fsp3) is 0.304. The van der Waals surface area contributed by atoms with E-state index in [0.29, 0.717) is 12.2 Å². The van der Waals surface area contributed by atoms with Crippen molar-refractivity contribution in [2.45, 2.75) is 44.0 Å². The highest BCUT2D eigenvalue weighted by Gasteiger charge is 2.47. The minimum absolute atomic E-state index is 0.0892. The zero-order valence-electron chi connectivity index (χ0n) is 16.3. The van der Waals surface area contributed by atoms with Gasteiger partial charge < -0.3 is 4.90 Å². The molecule has 3 amide bonds. The Morgan fingerprint density at radius 3 is 2.29 bits per heavy atom. The molecule has 4 nitrogen and oxygen atoms in total. The maximum absolute atomic E-state index is 13.3. The van der Waals surface area contributed by atoms with E-state index < -0.39 is 0 Å². The van der Waals surface area contributed by atoms with Gasteiger partial charge in [-0.1, -0.05) is 69.3 Å². The number of carbonyl (C=O) groups excluding carboxylic acids is 2. The minimum atomic E-state index is -0.285. The van der Waals surface area contributed by atoms with Gasteiger partial charge in [-0.3, -0.25) is 4.79 Å². The van der Waals surface area contributed by atoms with Crippen LogP contribution in [0.2, 0.25) is 0 Å². The average molecular weight is 393 g/mol. The van der Waals surface area contributed by atoms with Crippen LogP contribution in [0.1, 0.15) is 31.9 Å². The van der Waals surface area contributed by atoms with Gasteiger partial charge in [0, 0.05) is 6.54 Å². The van der Waals surface area contributed by atoms with Crippen LogP contribution in [0.3, 0.4) is 0 Å². The quantitative estimate of drug-likeness (QED) is 0.742. The van der Waals surface area contributed by atoms with Gasteiger partial charge in [0.1, 0.15) is 5.25 Å². The molecular weight excluding hydrogens is 368 g/mol. The van der Waals surface area contributed by atoms with Crippen molar-refractivity contribution in [3.05, 3.63) is 77.2 Å². The second kappa shape index (κ2) is 7.13. The highest BCUT2D eigenvalue weighted by molar-refractivity contribution is 8.03. The second-order valence-corrected chi connectivity index (χ2v) is 9.29. The summed E-state index contributed by atoms with van der Waals surface area (Å²) in [4.78, 5) is 29.4. The Labute approximate surface area is 170 Å². The summed E-state index contributed by atoms with van der Waals surface area (Å²) in [5.41, 5.74) is 3.03. The Morgan fingerprint density at radius 2 is 1.64 bits per heavy atom. The zero-order chi connectivity index (χ0) is 19.9. The number of nitrogens with zero attached hydrogens (tertiary/aromatic N) is 2. The lowest BCUT2D eigenvalue weighted by molar-refractivity contribution is -0.119. The summed E-state index contributed by atoms with van der Waals surface area (Å²) >= 11 is 1.49. The van der Waals surface area contributed by atoms with Crippen LogP contribution in [0.5, 0.6) is 0 Å². The number of hydrogen-bond donors (Lipinski definition) is 0. The van der Waals surface area contributed by atoms with Crippen LogP contribution >= 0.6 is 11.8 Å². The van der Waals surface area contributed by atoms with Crippen LogP contribution in [0.25, 0.3) is 0 Å². The van der Waals surface area contributed by atoms with Crippen molar-refractivity contribution >= 4 is 29.4 Å². The van der Waals surface area contributed by atoms with E-state index in [1.54, 1.807) is 12.1 Å². The highest BCUT2D eigenvalue weighted by Crippen LogP contribution is 2.37. The van der Waals surface area contributed by atoms with Crippen molar-refractivity contribution in [1.29, 1.82) is 0 Å². The van der Waals surface area contributed by atoms with Crippen molar-refractivity contribution in [3.63, 3.8) is 0 Å². The first kappa shape index (κ1) is 18.8. The SMILES string of the molecule is CC(C)(C)c1ccc(CN2C(=O)N(c3ccccc3)C(=O)C3SC=CC32)cc1. The van der Waals surface area contributed by atoms with Crippen molar-refractivity contribution in [3.8, 4) is 0 Å². The van der Waals surface area contributed by atoms with Gasteiger partial charge in [0.25, 0.3) is 5.91 Å². The molecule has 0 radical (unpaired) electrons. The molecule has 2 atom stereocenters. The number of benzene rings is 2. The van der Waals surface area contributed by atoms with Crippen LogP contribution in [-0.4, -0.2) is 28.1 Å². The first-order chi connectivity index (χ1) is 13.4. The topological polar surface area (TPSA) is 40.6 Å². The van der Waals surface area contributed by atoms with Gasteiger partial charge in [-0.25, -0.2) is 9.69 Å². The molecule has 2 heterocycles. The number of anilines is 1. The van der Waals surface area contributed by atoms with Gasteiger partial charge >= 0.3 is 6.03 Å². The van der Waals surface area contributed by atoms with Gasteiger partial charge in [-0.05, 0) is 34.1 Å². The smallest absolute Gasteiger partial charge is 0.312 e. The molecule has 2 aliphatic rings.